The van der Waals surface area contributed by atoms with Crippen LogP contribution in [0.5, 0.6) is 0 Å². The zero-order valence-corrected chi connectivity index (χ0v) is 9.94. The van der Waals surface area contributed by atoms with Gasteiger partial charge in [-0.05, 0) is 18.2 Å². The fourth-order valence-electron chi connectivity index (χ4n) is 2.40. The molecule has 5 nitrogen and oxygen atoms in total. The average Bonchev–Trinajstić information content (AvgIpc) is 2.38. The van der Waals surface area contributed by atoms with Gasteiger partial charge in [-0.15, -0.1) is 0 Å². The van der Waals surface area contributed by atoms with E-state index in [0.717, 1.165) is 0 Å². The Labute approximate surface area is 109 Å². The lowest BCUT2D eigenvalue weighted by Gasteiger charge is -2.21. The van der Waals surface area contributed by atoms with E-state index in [-0.39, 0.29) is 50.9 Å². The topological polar surface area (TPSA) is 112 Å². The van der Waals surface area contributed by atoms with Gasteiger partial charge in [-0.1, -0.05) is 12.1 Å². The maximum Gasteiger partial charge on any atom is 0.198 e. The number of nitrogens with two attached hydrogens (primary N) is 3. The molecular weight excluding hydrogens is 242 g/mol. The number of nitrogen functional groups attached to an aromatic ring is 3. The molecule has 6 N–H and O–H groups in total. The first-order chi connectivity index (χ1) is 9.02. The standard InChI is InChI=1S/C14H11N3O2/c15-7-3-1-2-6-10(7)14(19)12-9(17)5-4-8(16)11(12)13(6)18/h1-5H,15-17H2. The maximum absolute atomic E-state index is 12.5. The van der Waals surface area contributed by atoms with Crippen molar-refractivity contribution in [3.8, 4) is 0 Å². The van der Waals surface area contributed by atoms with E-state index in [9.17, 15) is 9.59 Å². The van der Waals surface area contributed by atoms with Gasteiger partial charge in [-0.2, -0.15) is 0 Å². The Balaban J connectivity index is 2.43. The number of carbonyl (C=O) groups is 2. The summed E-state index contributed by atoms with van der Waals surface area (Å²) < 4.78 is 0. The van der Waals surface area contributed by atoms with Crippen LogP contribution in [-0.4, -0.2) is 11.6 Å². The minimum absolute atomic E-state index is 0.149. The van der Waals surface area contributed by atoms with Crippen molar-refractivity contribution in [3.05, 3.63) is 52.6 Å². The summed E-state index contributed by atoms with van der Waals surface area (Å²) in [4.78, 5) is 24.9. The monoisotopic (exact) mass is 253 g/mol. The van der Waals surface area contributed by atoms with Gasteiger partial charge in [0.25, 0.3) is 0 Å². The van der Waals surface area contributed by atoms with Crippen LogP contribution in [0.2, 0.25) is 0 Å². The van der Waals surface area contributed by atoms with Gasteiger partial charge >= 0.3 is 0 Å². The Morgan fingerprint density at radius 1 is 0.632 bits per heavy atom. The van der Waals surface area contributed by atoms with Crippen molar-refractivity contribution in [2.75, 3.05) is 17.2 Å². The number of hydrogen-bond donors (Lipinski definition) is 3. The van der Waals surface area contributed by atoms with E-state index in [1.165, 1.54) is 12.1 Å². The molecule has 0 atom stereocenters. The first-order valence-electron chi connectivity index (χ1n) is 5.68. The molecule has 2 aromatic carbocycles. The van der Waals surface area contributed by atoms with Crippen LogP contribution in [0.15, 0.2) is 30.3 Å². The van der Waals surface area contributed by atoms with Gasteiger partial charge in [-0.25, -0.2) is 0 Å². The van der Waals surface area contributed by atoms with E-state index in [1.807, 2.05) is 0 Å². The Bertz CT molecular complexity index is 751. The molecule has 0 bridgehead atoms. The normalized spacial score (nSPS) is 13.1. The molecule has 0 aliphatic heterocycles. The van der Waals surface area contributed by atoms with Gasteiger partial charge in [0.15, 0.2) is 11.6 Å². The third-order valence-corrected chi connectivity index (χ3v) is 3.29. The summed E-state index contributed by atoms with van der Waals surface area (Å²) in [5, 5.41) is 0. The second kappa shape index (κ2) is 3.58. The second-order valence-corrected chi connectivity index (χ2v) is 4.42. The SMILES string of the molecule is Nc1cccc2c1C(=O)c1c(N)ccc(N)c1C2=O. The summed E-state index contributed by atoms with van der Waals surface area (Å²) in [7, 11) is 0. The van der Waals surface area contributed by atoms with Gasteiger partial charge in [-0.3, -0.25) is 9.59 Å². The van der Waals surface area contributed by atoms with E-state index in [0.29, 0.717) is 0 Å². The molecular formula is C14H11N3O2. The van der Waals surface area contributed by atoms with Crippen LogP contribution in [0.3, 0.4) is 0 Å². The summed E-state index contributed by atoms with van der Waals surface area (Å²) >= 11 is 0. The van der Waals surface area contributed by atoms with E-state index in [1.54, 1.807) is 18.2 Å². The van der Waals surface area contributed by atoms with Crippen LogP contribution in [-0.2, 0) is 0 Å². The Hall–Kier alpha value is -2.82. The highest BCUT2D eigenvalue weighted by molar-refractivity contribution is 6.33. The molecule has 3 rings (SSSR count). The van der Waals surface area contributed by atoms with Gasteiger partial charge in [0.05, 0.1) is 16.7 Å². The van der Waals surface area contributed by atoms with Gasteiger partial charge in [0, 0.05) is 22.6 Å². The van der Waals surface area contributed by atoms with Crippen molar-refractivity contribution in [2.45, 2.75) is 0 Å². The van der Waals surface area contributed by atoms with Crippen molar-refractivity contribution in [3.63, 3.8) is 0 Å². The summed E-state index contributed by atoms with van der Waals surface area (Å²) in [6.07, 6.45) is 0. The van der Waals surface area contributed by atoms with Crippen molar-refractivity contribution >= 4 is 28.6 Å². The molecule has 0 unspecified atom stereocenters. The molecule has 0 fully saturated rings. The number of anilines is 3. The molecule has 0 heterocycles. The number of rotatable bonds is 0. The van der Waals surface area contributed by atoms with E-state index in [2.05, 4.69) is 0 Å². The minimum atomic E-state index is -0.354. The van der Waals surface area contributed by atoms with Crippen LogP contribution in [0.1, 0.15) is 31.8 Å². The molecule has 0 saturated carbocycles. The van der Waals surface area contributed by atoms with Gasteiger partial charge in [0.1, 0.15) is 0 Å². The smallest absolute Gasteiger partial charge is 0.198 e. The van der Waals surface area contributed by atoms with E-state index < -0.39 is 0 Å². The Morgan fingerprint density at radius 3 is 1.79 bits per heavy atom. The zero-order valence-electron chi connectivity index (χ0n) is 9.94. The van der Waals surface area contributed by atoms with Crippen molar-refractivity contribution in [1.29, 1.82) is 0 Å². The Morgan fingerprint density at radius 2 is 1.16 bits per heavy atom. The molecule has 0 amide bonds. The maximum atomic E-state index is 12.5. The molecule has 94 valence electrons. The van der Waals surface area contributed by atoms with E-state index >= 15 is 0 Å². The van der Waals surface area contributed by atoms with Crippen LogP contribution >= 0.6 is 0 Å². The third-order valence-electron chi connectivity index (χ3n) is 3.29. The van der Waals surface area contributed by atoms with Gasteiger partial charge < -0.3 is 17.2 Å². The van der Waals surface area contributed by atoms with Crippen molar-refractivity contribution in [2.24, 2.45) is 0 Å². The predicted octanol–water partition coefficient (Wildman–Crippen LogP) is 1.21. The fourth-order valence-corrected chi connectivity index (χ4v) is 2.40. The lowest BCUT2D eigenvalue weighted by atomic mass is 9.81. The number of carbonyl (C=O) groups excluding carboxylic acids is 2. The quantitative estimate of drug-likeness (QED) is 0.521. The summed E-state index contributed by atoms with van der Waals surface area (Å²) in [5.41, 5.74) is 18.9. The number of fused-ring (bicyclic) bond motifs is 2. The number of hydrogen-bond acceptors (Lipinski definition) is 5. The highest BCUT2D eigenvalue weighted by Gasteiger charge is 2.34. The third kappa shape index (κ3) is 1.35. The summed E-state index contributed by atoms with van der Waals surface area (Å²) in [5.74, 6) is -0.672. The largest absolute Gasteiger partial charge is 0.398 e. The Kier molecular flexibility index (Phi) is 2.13. The van der Waals surface area contributed by atoms with Crippen LogP contribution < -0.4 is 17.2 Å². The molecule has 0 spiro atoms. The second-order valence-electron chi connectivity index (χ2n) is 4.42. The van der Waals surface area contributed by atoms with Crippen LogP contribution in [0.4, 0.5) is 17.1 Å². The minimum Gasteiger partial charge on any atom is -0.398 e. The summed E-state index contributed by atoms with van der Waals surface area (Å²) in [6, 6.07) is 7.82. The molecule has 0 saturated heterocycles. The lowest BCUT2D eigenvalue weighted by molar-refractivity contribution is 0.0981. The molecule has 1 aliphatic carbocycles. The molecule has 0 radical (unpaired) electrons. The molecule has 5 heteroatoms. The van der Waals surface area contributed by atoms with Crippen LogP contribution in [0.25, 0.3) is 0 Å². The first-order valence-corrected chi connectivity index (χ1v) is 5.68. The predicted molar refractivity (Wildman–Crippen MR) is 73.0 cm³/mol. The molecule has 19 heavy (non-hydrogen) atoms. The lowest BCUT2D eigenvalue weighted by Crippen LogP contribution is -2.24. The summed E-state index contributed by atoms with van der Waals surface area (Å²) in [6.45, 7) is 0. The molecule has 1 aliphatic rings. The van der Waals surface area contributed by atoms with E-state index in [4.69, 9.17) is 17.2 Å². The van der Waals surface area contributed by atoms with Crippen molar-refractivity contribution < 1.29 is 9.59 Å². The molecule has 2 aromatic rings. The zero-order chi connectivity index (χ0) is 13.7. The highest BCUT2D eigenvalue weighted by atomic mass is 16.1. The van der Waals surface area contributed by atoms with Crippen LogP contribution in [0, 0.1) is 0 Å². The fraction of sp³-hybridized carbons (Fsp3) is 0. The molecule has 0 aromatic heterocycles. The average molecular weight is 253 g/mol. The highest BCUT2D eigenvalue weighted by Crippen LogP contribution is 2.36. The first kappa shape index (κ1) is 11.3. The number of ketones is 2. The number of benzene rings is 2. The van der Waals surface area contributed by atoms with Gasteiger partial charge in [0.2, 0.25) is 0 Å². The van der Waals surface area contributed by atoms with Crippen molar-refractivity contribution in [1.82, 2.24) is 0 Å².